The van der Waals surface area contributed by atoms with Crippen LogP contribution >= 0.6 is 23.2 Å². The van der Waals surface area contributed by atoms with E-state index in [-0.39, 0.29) is 38.8 Å². The Hall–Kier alpha value is -2.90. The molecule has 0 aromatic heterocycles. The van der Waals surface area contributed by atoms with Crippen LogP contribution in [0.25, 0.3) is 5.76 Å². The third kappa shape index (κ3) is 5.07. The van der Waals surface area contributed by atoms with Gasteiger partial charge in [-0.2, -0.15) is 0 Å². The van der Waals surface area contributed by atoms with Gasteiger partial charge in [-0.3, -0.25) is 9.59 Å². The van der Waals surface area contributed by atoms with E-state index in [1.54, 1.807) is 18.2 Å². The molecule has 0 aliphatic carbocycles. The highest BCUT2D eigenvalue weighted by Crippen LogP contribution is 2.48. The summed E-state index contributed by atoms with van der Waals surface area (Å²) >= 11 is 12.7. The summed E-state index contributed by atoms with van der Waals surface area (Å²) in [7, 11) is 2.77. The van der Waals surface area contributed by atoms with Crippen LogP contribution in [0.5, 0.6) is 17.2 Å². The number of para-hydroxylation sites is 1. The number of ketones is 1. The number of amides is 1. The van der Waals surface area contributed by atoms with Crippen molar-refractivity contribution in [2.45, 2.75) is 45.8 Å². The van der Waals surface area contributed by atoms with Gasteiger partial charge in [0, 0.05) is 12.1 Å². The van der Waals surface area contributed by atoms with Crippen LogP contribution in [0.4, 0.5) is 0 Å². The number of hydrogen-bond donors (Lipinski definition) is 1. The van der Waals surface area contributed by atoms with Gasteiger partial charge < -0.3 is 24.2 Å². The molecule has 0 radical (unpaired) electrons. The molecule has 0 spiro atoms. The van der Waals surface area contributed by atoms with Crippen LogP contribution in [0.15, 0.2) is 35.9 Å². The molecule has 3 rings (SSSR count). The Morgan fingerprint density at radius 1 is 1.11 bits per heavy atom. The molecule has 1 heterocycles. The Morgan fingerprint density at radius 3 is 2.37 bits per heavy atom. The number of hydrogen-bond acceptors (Lipinski definition) is 6. The smallest absolute Gasteiger partial charge is 0.295 e. The maximum Gasteiger partial charge on any atom is 0.295 e. The van der Waals surface area contributed by atoms with Crippen molar-refractivity contribution in [3.63, 3.8) is 0 Å². The Morgan fingerprint density at radius 2 is 1.77 bits per heavy atom. The average molecular weight is 522 g/mol. The first-order valence-electron chi connectivity index (χ1n) is 11.3. The largest absolute Gasteiger partial charge is 0.507 e. The molecular formula is C26H29Cl2NO6. The molecular weight excluding hydrogens is 493 g/mol. The molecule has 1 fully saturated rings. The molecule has 2 aromatic rings. The highest BCUT2D eigenvalue weighted by molar-refractivity contribution is 6.47. The fourth-order valence-electron chi connectivity index (χ4n) is 4.12. The van der Waals surface area contributed by atoms with Gasteiger partial charge in [0.1, 0.15) is 16.5 Å². The molecule has 1 N–H and O–H groups in total. The predicted octanol–water partition coefficient (Wildman–Crippen LogP) is 6.02. The van der Waals surface area contributed by atoms with E-state index < -0.39 is 23.5 Å². The molecule has 1 unspecified atom stereocenters. The number of methoxy groups -OCH3 is 2. The van der Waals surface area contributed by atoms with Gasteiger partial charge in [-0.15, -0.1) is 0 Å². The lowest BCUT2D eigenvalue weighted by Crippen LogP contribution is -2.31. The summed E-state index contributed by atoms with van der Waals surface area (Å²) in [5.41, 5.74) is 0.563. The Kier molecular flexibility index (Phi) is 8.56. The zero-order valence-corrected chi connectivity index (χ0v) is 21.9. The molecule has 7 nitrogen and oxygen atoms in total. The number of likely N-dealkylation sites (tertiary alicyclic amines) is 1. The van der Waals surface area contributed by atoms with Gasteiger partial charge >= 0.3 is 0 Å². The highest BCUT2D eigenvalue weighted by atomic mass is 35.5. The number of Topliss-reactive ketones (excluding diaryl/α,β-unsaturated/α-hetero) is 1. The summed E-state index contributed by atoms with van der Waals surface area (Å²) in [6, 6.07) is 7.69. The first kappa shape index (κ1) is 26.7. The van der Waals surface area contributed by atoms with E-state index in [2.05, 4.69) is 0 Å². The van der Waals surface area contributed by atoms with Crippen molar-refractivity contribution >= 4 is 40.7 Å². The second-order valence-corrected chi connectivity index (χ2v) is 9.12. The van der Waals surface area contributed by atoms with E-state index in [0.717, 1.165) is 6.42 Å². The van der Waals surface area contributed by atoms with Gasteiger partial charge in [0.25, 0.3) is 11.7 Å². The maximum absolute atomic E-state index is 13.3. The molecule has 1 aliphatic rings. The average Bonchev–Trinajstić information content (AvgIpc) is 3.06. The summed E-state index contributed by atoms with van der Waals surface area (Å²) in [6.07, 6.45) is 1.35. The topological polar surface area (TPSA) is 85.3 Å². The number of ether oxygens (including phenoxy) is 3. The van der Waals surface area contributed by atoms with Crippen LogP contribution < -0.4 is 14.2 Å². The molecule has 35 heavy (non-hydrogen) atoms. The fourth-order valence-corrected chi connectivity index (χ4v) is 4.81. The van der Waals surface area contributed by atoms with E-state index in [1.807, 2.05) is 26.8 Å². The number of nitrogens with zero attached hydrogens (tertiary/aromatic N) is 1. The number of rotatable bonds is 9. The van der Waals surface area contributed by atoms with Crippen molar-refractivity contribution in [3.05, 3.63) is 57.1 Å². The SMILES string of the molecule is CCCCN1C(=O)C(=O)/C(=C(/O)c2cc(Cl)c(OC)c(Cl)c2OC)C1c1ccccc1OC(C)C. The molecule has 1 saturated heterocycles. The van der Waals surface area contributed by atoms with Crippen LogP contribution in [0.2, 0.25) is 10.0 Å². The molecule has 9 heteroatoms. The summed E-state index contributed by atoms with van der Waals surface area (Å²) in [6.45, 7) is 6.10. The van der Waals surface area contributed by atoms with Crippen molar-refractivity contribution in [1.29, 1.82) is 0 Å². The van der Waals surface area contributed by atoms with E-state index >= 15 is 0 Å². The van der Waals surface area contributed by atoms with Gasteiger partial charge in [-0.25, -0.2) is 0 Å². The van der Waals surface area contributed by atoms with Crippen LogP contribution in [0.3, 0.4) is 0 Å². The van der Waals surface area contributed by atoms with Crippen LogP contribution in [-0.4, -0.2) is 48.6 Å². The minimum Gasteiger partial charge on any atom is -0.507 e. The third-order valence-electron chi connectivity index (χ3n) is 5.66. The minimum absolute atomic E-state index is 0.0318. The highest BCUT2D eigenvalue weighted by Gasteiger charge is 2.47. The van der Waals surface area contributed by atoms with E-state index in [1.165, 1.54) is 25.2 Å². The van der Waals surface area contributed by atoms with Crippen molar-refractivity contribution in [1.82, 2.24) is 4.90 Å². The first-order chi connectivity index (χ1) is 16.7. The van der Waals surface area contributed by atoms with Crippen LogP contribution in [0.1, 0.15) is 50.8 Å². The zero-order valence-electron chi connectivity index (χ0n) is 20.4. The lowest BCUT2D eigenvalue weighted by Gasteiger charge is -2.27. The fraction of sp³-hybridized carbons (Fsp3) is 0.385. The van der Waals surface area contributed by atoms with Crippen LogP contribution in [-0.2, 0) is 9.59 Å². The number of aliphatic hydroxyl groups excluding tert-OH is 1. The van der Waals surface area contributed by atoms with E-state index in [0.29, 0.717) is 24.3 Å². The standard InChI is InChI=1S/C26H29Cl2NO6/c1-6-7-12-29-21(15-10-8-9-11-18(15)35-14(2)3)19(23(31)26(29)32)22(30)16-13-17(27)25(34-5)20(28)24(16)33-4/h8-11,13-14,21,30H,6-7,12H2,1-5H3/b22-19+. The van der Waals surface area contributed by atoms with Crippen molar-refractivity contribution < 1.29 is 28.9 Å². The number of benzene rings is 2. The van der Waals surface area contributed by atoms with E-state index in [4.69, 9.17) is 37.4 Å². The number of carbonyl (C=O) groups is 2. The van der Waals surface area contributed by atoms with Crippen molar-refractivity contribution in [2.24, 2.45) is 0 Å². The lowest BCUT2D eigenvalue weighted by molar-refractivity contribution is -0.139. The number of carbonyl (C=O) groups excluding carboxylic acids is 2. The van der Waals surface area contributed by atoms with Crippen molar-refractivity contribution in [3.8, 4) is 17.2 Å². The molecule has 1 amide bonds. The molecule has 188 valence electrons. The summed E-state index contributed by atoms with van der Waals surface area (Å²) in [5, 5.41) is 11.6. The minimum atomic E-state index is -0.874. The second kappa shape index (κ2) is 11.2. The molecule has 1 atom stereocenters. The number of aliphatic hydroxyl groups is 1. The summed E-state index contributed by atoms with van der Waals surface area (Å²) < 4.78 is 16.7. The molecule has 0 saturated carbocycles. The van der Waals surface area contributed by atoms with Gasteiger partial charge in [0.2, 0.25) is 0 Å². The maximum atomic E-state index is 13.3. The van der Waals surface area contributed by atoms with Gasteiger partial charge in [0.05, 0.1) is 42.5 Å². The normalized spacial score (nSPS) is 17.3. The molecule has 1 aliphatic heterocycles. The van der Waals surface area contributed by atoms with Crippen LogP contribution in [0, 0.1) is 0 Å². The predicted molar refractivity (Wildman–Crippen MR) is 136 cm³/mol. The van der Waals surface area contributed by atoms with Crippen molar-refractivity contribution in [2.75, 3.05) is 20.8 Å². The zero-order chi connectivity index (χ0) is 25.9. The number of halogens is 2. The Balaban J connectivity index is 2.32. The summed E-state index contributed by atoms with van der Waals surface area (Å²) in [5.74, 6) is -1.22. The second-order valence-electron chi connectivity index (χ2n) is 8.34. The monoisotopic (exact) mass is 521 g/mol. The molecule has 0 bridgehead atoms. The Labute approximate surface area is 215 Å². The summed E-state index contributed by atoms with van der Waals surface area (Å²) in [4.78, 5) is 27.9. The van der Waals surface area contributed by atoms with E-state index in [9.17, 15) is 14.7 Å². The Bertz CT molecular complexity index is 1160. The lowest BCUT2D eigenvalue weighted by atomic mass is 9.94. The van der Waals surface area contributed by atoms with Gasteiger partial charge in [0.15, 0.2) is 11.5 Å². The third-order valence-corrected chi connectivity index (χ3v) is 6.29. The first-order valence-corrected chi connectivity index (χ1v) is 12.1. The molecule has 2 aromatic carbocycles. The number of unbranched alkanes of at least 4 members (excludes halogenated alkanes) is 1. The quantitative estimate of drug-likeness (QED) is 0.246. The van der Waals surface area contributed by atoms with Gasteiger partial charge in [-0.1, -0.05) is 54.7 Å². The van der Waals surface area contributed by atoms with Gasteiger partial charge in [-0.05, 0) is 32.4 Å².